The Labute approximate surface area is 128 Å². The van der Waals surface area contributed by atoms with Gasteiger partial charge in [0, 0.05) is 0 Å². The summed E-state index contributed by atoms with van der Waals surface area (Å²) >= 11 is 6.25. The molecular weight excluding hydrogens is 321 g/mol. The summed E-state index contributed by atoms with van der Waals surface area (Å²) in [6.45, 7) is 0.329. The van der Waals surface area contributed by atoms with Crippen LogP contribution in [-0.4, -0.2) is 54.6 Å². The molecule has 1 aromatic rings. The molecule has 1 unspecified atom stereocenters. The van der Waals surface area contributed by atoms with Gasteiger partial charge in [0.2, 0.25) is 0 Å². The third-order valence-electron chi connectivity index (χ3n) is 3.21. The molecule has 22 heavy (non-hydrogen) atoms. The van der Waals surface area contributed by atoms with Gasteiger partial charge in [0.25, 0.3) is 0 Å². The minimum absolute atomic E-state index is 0.812. The van der Waals surface area contributed by atoms with Crippen molar-refractivity contribution in [1.29, 1.82) is 0 Å². The monoisotopic (exact) mass is 333 g/mol. The molecule has 1 fully saturated rings. The largest absolute Gasteiger partial charge is 0.391 e. The van der Waals surface area contributed by atoms with E-state index in [0.29, 0.717) is 0 Å². The third-order valence-corrected chi connectivity index (χ3v) is 3.71. The number of halogens is 2. The van der Waals surface area contributed by atoms with E-state index < -0.39 is 47.5 Å². The highest BCUT2D eigenvalue weighted by atomic mass is 35.5. The van der Waals surface area contributed by atoms with Gasteiger partial charge in [0.15, 0.2) is 11.1 Å². The fourth-order valence-corrected chi connectivity index (χ4v) is 2.53. The lowest BCUT2D eigenvalue weighted by Crippen LogP contribution is -2.45. The van der Waals surface area contributed by atoms with E-state index in [1.54, 1.807) is 0 Å². The number of ether oxygens (including phenoxy) is 1. The highest BCUT2D eigenvalue weighted by Gasteiger charge is 2.57. The summed E-state index contributed by atoms with van der Waals surface area (Å²) in [5.74, 6) is 4.38. The van der Waals surface area contributed by atoms with Crippen LogP contribution in [0, 0.1) is 11.8 Å². The predicted molar refractivity (Wildman–Crippen MR) is 73.1 cm³/mol. The summed E-state index contributed by atoms with van der Waals surface area (Å²) in [4.78, 5) is 26.2. The van der Waals surface area contributed by atoms with Gasteiger partial charge in [-0.1, -0.05) is 23.4 Å². The standard InChI is InChI=1S/C12H13ClFN3O5/c1-6(18)7-8(19)12(13,3-2-4-14)9(22-7)17-5-15-10(20)16-11(17)21/h5-9,18-19H,4H2,1H3,(H,16,20,21)/t6-,7+,8?,9+,12+/m0/s1. The number of aromatic amines is 1. The molecule has 1 saturated heterocycles. The molecule has 5 atom stereocenters. The van der Waals surface area contributed by atoms with Crippen molar-refractivity contribution in [2.75, 3.05) is 6.67 Å². The van der Waals surface area contributed by atoms with Gasteiger partial charge >= 0.3 is 11.4 Å². The number of aromatic nitrogens is 3. The van der Waals surface area contributed by atoms with Crippen LogP contribution in [0.1, 0.15) is 13.2 Å². The lowest BCUT2D eigenvalue weighted by Gasteiger charge is -2.25. The van der Waals surface area contributed by atoms with Gasteiger partial charge < -0.3 is 14.9 Å². The minimum atomic E-state index is -1.89. The molecule has 120 valence electrons. The van der Waals surface area contributed by atoms with E-state index in [1.165, 1.54) is 6.92 Å². The summed E-state index contributed by atoms with van der Waals surface area (Å²) in [5.41, 5.74) is -1.77. The van der Waals surface area contributed by atoms with Crippen LogP contribution in [0.25, 0.3) is 0 Å². The van der Waals surface area contributed by atoms with Gasteiger partial charge in [0.1, 0.15) is 25.2 Å². The normalized spacial score (nSPS) is 32.3. The van der Waals surface area contributed by atoms with E-state index in [2.05, 4.69) is 16.8 Å². The summed E-state index contributed by atoms with van der Waals surface area (Å²) < 4.78 is 18.5. The summed E-state index contributed by atoms with van der Waals surface area (Å²) in [6, 6.07) is 0. The first kappa shape index (κ1) is 16.6. The van der Waals surface area contributed by atoms with E-state index in [1.807, 2.05) is 4.98 Å². The van der Waals surface area contributed by atoms with Crippen LogP contribution < -0.4 is 11.4 Å². The summed E-state index contributed by atoms with van der Waals surface area (Å²) in [6.07, 6.45) is -4.29. The van der Waals surface area contributed by atoms with Crippen molar-refractivity contribution in [3.63, 3.8) is 0 Å². The van der Waals surface area contributed by atoms with Crippen molar-refractivity contribution in [2.24, 2.45) is 0 Å². The Morgan fingerprint density at radius 1 is 1.68 bits per heavy atom. The molecule has 8 nitrogen and oxygen atoms in total. The molecule has 1 aliphatic heterocycles. The quantitative estimate of drug-likeness (QED) is 0.449. The second kappa shape index (κ2) is 6.18. The first-order chi connectivity index (χ1) is 10.3. The number of nitrogens with zero attached hydrogens (tertiary/aromatic N) is 2. The molecule has 0 aromatic carbocycles. The molecule has 0 spiro atoms. The van der Waals surface area contributed by atoms with Crippen molar-refractivity contribution in [3.8, 4) is 11.8 Å². The molecule has 2 rings (SSSR count). The number of H-pyrrole nitrogens is 1. The lowest BCUT2D eigenvalue weighted by atomic mass is 9.97. The predicted octanol–water partition coefficient (Wildman–Crippen LogP) is -1.48. The van der Waals surface area contributed by atoms with Crippen LogP contribution in [0.15, 0.2) is 15.9 Å². The molecule has 1 aromatic heterocycles. The molecule has 0 amide bonds. The number of hydrogen-bond donors (Lipinski definition) is 3. The second-order valence-electron chi connectivity index (χ2n) is 4.73. The van der Waals surface area contributed by atoms with Gasteiger partial charge in [-0.3, -0.25) is 9.55 Å². The fourth-order valence-electron chi connectivity index (χ4n) is 2.18. The smallest absolute Gasteiger partial charge is 0.350 e. The highest BCUT2D eigenvalue weighted by molar-refractivity contribution is 6.27. The van der Waals surface area contributed by atoms with E-state index in [-0.39, 0.29) is 0 Å². The number of rotatable bonds is 2. The number of aliphatic hydroxyl groups excluding tert-OH is 2. The second-order valence-corrected chi connectivity index (χ2v) is 5.35. The number of nitrogens with one attached hydrogen (secondary N) is 1. The Kier molecular flexibility index (Phi) is 4.67. The van der Waals surface area contributed by atoms with Crippen molar-refractivity contribution < 1.29 is 19.3 Å². The molecule has 0 saturated carbocycles. The van der Waals surface area contributed by atoms with E-state index in [9.17, 15) is 24.2 Å². The van der Waals surface area contributed by atoms with Crippen molar-refractivity contribution in [1.82, 2.24) is 14.5 Å². The van der Waals surface area contributed by atoms with E-state index >= 15 is 0 Å². The Morgan fingerprint density at radius 2 is 2.36 bits per heavy atom. The Hall–Kier alpha value is -1.73. The lowest BCUT2D eigenvalue weighted by molar-refractivity contribution is -0.0776. The van der Waals surface area contributed by atoms with Gasteiger partial charge in [-0.05, 0) is 6.92 Å². The molecular formula is C12H13ClFN3O5. The molecule has 10 heteroatoms. The fraction of sp³-hybridized carbons (Fsp3) is 0.583. The van der Waals surface area contributed by atoms with Crippen molar-refractivity contribution >= 4 is 11.6 Å². The zero-order valence-electron chi connectivity index (χ0n) is 11.4. The van der Waals surface area contributed by atoms with Gasteiger partial charge in [-0.25, -0.2) is 14.0 Å². The Bertz CT molecular complexity index is 724. The van der Waals surface area contributed by atoms with Crippen LogP contribution in [0.3, 0.4) is 0 Å². The average Bonchev–Trinajstić information content (AvgIpc) is 2.70. The third kappa shape index (κ3) is 2.78. The number of alkyl halides is 2. The van der Waals surface area contributed by atoms with Crippen LogP contribution >= 0.6 is 11.6 Å². The van der Waals surface area contributed by atoms with Crippen LogP contribution in [0.2, 0.25) is 0 Å². The Balaban J connectivity index is 2.55. The van der Waals surface area contributed by atoms with E-state index in [0.717, 1.165) is 10.9 Å². The highest BCUT2D eigenvalue weighted by Crippen LogP contribution is 2.43. The van der Waals surface area contributed by atoms with E-state index in [4.69, 9.17) is 16.3 Å². The summed E-state index contributed by atoms with van der Waals surface area (Å²) in [7, 11) is 0. The topological polar surface area (TPSA) is 117 Å². The molecule has 2 heterocycles. The van der Waals surface area contributed by atoms with Crippen LogP contribution in [0.5, 0.6) is 0 Å². The van der Waals surface area contributed by atoms with Gasteiger partial charge in [-0.2, -0.15) is 4.98 Å². The van der Waals surface area contributed by atoms with Crippen molar-refractivity contribution in [2.45, 2.75) is 36.3 Å². The molecule has 3 N–H and O–H groups in total. The molecule has 0 bridgehead atoms. The zero-order chi connectivity index (χ0) is 16.5. The first-order valence-electron chi connectivity index (χ1n) is 6.25. The summed E-state index contributed by atoms with van der Waals surface area (Å²) in [5, 5.41) is 19.9. The molecule has 1 aliphatic rings. The van der Waals surface area contributed by atoms with Gasteiger partial charge in [-0.15, -0.1) is 0 Å². The van der Waals surface area contributed by atoms with Crippen LogP contribution in [-0.2, 0) is 4.74 Å². The van der Waals surface area contributed by atoms with Crippen molar-refractivity contribution in [3.05, 3.63) is 27.3 Å². The van der Waals surface area contributed by atoms with Crippen LogP contribution in [0.4, 0.5) is 4.39 Å². The molecule has 0 radical (unpaired) electrons. The first-order valence-corrected chi connectivity index (χ1v) is 6.63. The maximum absolute atomic E-state index is 12.3. The maximum Gasteiger partial charge on any atom is 0.350 e. The maximum atomic E-state index is 12.3. The zero-order valence-corrected chi connectivity index (χ0v) is 12.1. The Morgan fingerprint density at radius 3 is 2.91 bits per heavy atom. The molecule has 0 aliphatic carbocycles. The number of hydrogen-bond acceptors (Lipinski definition) is 6. The minimum Gasteiger partial charge on any atom is -0.391 e. The average molecular weight is 334 g/mol. The number of aliphatic hydroxyl groups is 2. The van der Waals surface area contributed by atoms with Gasteiger partial charge in [0.05, 0.1) is 6.10 Å². The SMILES string of the molecule is C[C@H](O)[C@H]1O[C@@H](n2cnc(=O)[nH]c2=O)[C@@](Cl)(C#CCF)C1O.